The SMILES string of the molecule is CO[Si](OC)(OC)c1cccc(Cl)c1. The number of rotatable bonds is 4. The second-order valence-corrected chi connectivity index (χ2v) is 6.03. The van der Waals surface area contributed by atoms with Crippen LogP contribution in [0.4, 0.5) is 0 Å². The summed E-state index contributed by atoms with van der Waals surface area (Å²) in [5.41, 5.74) is 0. The van der Waals surface area contributed by atoms with Gasteiger partial charge in [-0.25, -0.2) is 0 Å². The lowest BCUT2D eigenvalue weighted by Gasteiger charge is -2.24. The fourth-order valence-electron chi connectivity index (χ4n) is 1.28. The van der Waals surface area contributed by atoms with Crippen LogP contribution >= 0.6 is 11.6 Å². The van der Waals surface area contributed by atoms with E-state index >= 15 is 0 Å². The van der Waals surface area contributed by atoms with E-state index in [2.05, 4.69) is 0 Å². The molecule has 14 heavy (non-hydrogen) atoms. The first-order chi connectivity index (χ1) is 6.68. The summed E-state index contributed by atoms with van der Waals surface area (Å²) in [6.45, 7) is 0. The van der Waals surface area contributed by atoms with E-state index in [1.807, 2.05) is 12.1 Å². The first-order valence-electron chi connectivity index (χ1n) is 4.10. The average molecular weight is 233 g/mol. The Morgan fingerprint density at radius 2 is 1.64 bits per heavy atom. The summed E-state index contributed by atoms with van der Waals surface area (Å²) in [5.74, 6) is 0. The topological polar surface area (TPSA) is 27.7 Å². The third-order valence-electron chi connectivity index (χ3n) is 1.98. The molecule has 1 aromatic rings. The molecule has 78 valence electrons. The van der Waals surface area contributed by atoms with Crippen LogP contribution in [-0.2, 0) is 13.3 Å². The van der Waals surface area contributed by atoms with E-state index in [1.165, 1.54) is 0 Å². The molecule has 0 amide bonds. The smallest absolute Gasteiger partial charge is 0.373 e. The highest BCUT2D eigenvalue weighted by Gasteiger charge is 2.40. The summed E-state index contributed by atoms with van der Waals surface area (Å²) in [4.78, 5) is 0. The summed E-state index contributed by atoms with van der Waals surface area (Å²) in [6.07, 6.45) is 0. The molecule has 0 radical (unpaired) electrons. The molecule has 0 unspecified atom stereocenters. The Balaban J connectivity index is 3.10. The van der Waals surface area contributed by atoms with Gasteiger partial charge in [-0.2, -0.15) is 0 Å². The van der Waals surface area contributed by atoms with E-state index in [0.717, 1.165) is 5.19 Å². The van der Waals surface area contributed by atoms with Crippen molar-refractivity contribution in [2.24, 2.45) is 0 Å². The van der Waals surface area contributed by atoms with Crippen molar-refractivity contribution in [2.45, 2.75) is 0 Å². The van der Waals surface area contributed by atoms with E-state index < -0.39 is 8.80 Å². The van der Waals surface area contributed by atoms with Crippen molar-refractivity contribution in [3.05, 3.63) is 29.3 Å². The molecule has 1 rings (SSSR count). The van der Waals surface area contributed by atoms with Gasteiger partial charge < -0.3 is 13.3 Å². The molecule has 0 spiro atoms. The monoisotopic (exact) mass is 232 g/mol. The third kappa shape index (κ3) is 2.16. The third-order valence-corrected chi connectivity index (χ3v) is 4.85. The van der Waals surface area contributed by atoms with Gasteiger partial charge in [-0.05, 0) is 12.1 Å². The molecule has 0 saturated carbocycles. The Bertz CT molecular complexity index is 294. The van der Waals surface area contributed by atoms with Gasteiger partial charge in [-0.15, -0.1) is 0 Å². The highest BCUT2D eigenvalue weighted by molar-refractivity contribution is 6.75. The Morgan fingerprint density at radius 3 is 2.07 bits per heavy atom. The van der Waals surface area contributed by atoms with Crippen LogP contribution in [0.1, 0.15) is 0 Å². The first kappa shape index (κ1) is 11.7. The molecule has 0 aliphatic rings. The Hall–Kier alpha value is -0.393. The van der Waals surface area contributed by atoms with Crippen molar-refractivity contribution >= 4 is 25.6 Å². The zero-order valence-corrected chi connectivity index (χ0v) is 10.2. The predicted molar refractivity (Wildman–Crippen MR) is 57.9 cm³/mol. The van der Waals surface area contributed by atoms with Crippen molar-refractivity contribution in [3.63, 3.8) is 0 Å². The normalized spacial score (nSPS) is 11.7. The van der Waals surface area contributed by atoms with Gasteiger partial charge in [0.2, 0.25) is 0 Å². The molecule has 0 bridgehead atoms. The van der Waals surface area contributed by atoms with Gasteiger partial charge in [0.25, 0.3) is 0 Å². The van der Waals surface area contributed by atoms with Crippen molar-refractivity contribution in [1.82, 2.24) is 0 Å². The lowest BCUT2D eigenvalue weighted by Crippen LogP contribution is -2.54. The minimum atomic E-state index is -2.71. The summed E-state index contributed by atoms with van der Waals surface area (Å²) in [6, 6.07) is 7.32. The van der Waals surface area contributed by atoms with Gasteiger partial charge in [0.1, 0.15) is 0 Å². The summed E-state index contributed by atoms with van der Waals surface area (Å²) in [7, 11) is 2.00. The van der Waals surface area contributed by atoms with Gasteiger partial charge in [0.15, 0.2) is 0 Å². The molecule has 0 atom stereocenters. The van der Waals surface area contributed by atoms with E-state index in [1.54, 1.807) is 33.5 Å². The Morgan fingerprint density at radius 1 is 1.07 bits per heavy atom. The highest BCUT2D eigenvalue weighted by atomic mass is 35.5. The van der Waals surface area contributed by atoms with Gasteiger partial charge in [0, 0.05) is 31.5 Å². The van der Waals surface area contributed by atoms with Crippen molar-refractivity contribution in [1.29, 1.82) is 0 Å². The molecule has 0 aromatic heterocycles. The lowest BCUT2D eigenvalue weighted by molar-refractivity contribution is 0.140. The van der Waals surface area contributed by atoms with E-state index in [4.69, 9.17) is 24.9 Å². The van der Waals surface area contributed by atoms with Crippen LogP contribution in [0, 0.1) is 0 Å². The van der Waals surface area contributed by atoms with E-state index in [-0.39, 0.29) is 0 Å². The largest absolute Gasteiger partial charge is 0.536 e. The molecule has 0 fully saturated rings. The summed E-state index contributed by atoms with van der Waals surface area (Å²) in [5, 5.41) is 1.50. The molecule has 0 aliphatic heterocycles. The maximum absolute atomic E-state index is 5.88. The van der Waals surface area contributed by atoms with Gasteiger partial charge in [0.05, 0.1) is 0 Å². The Labute approximate surface area is 89.9 Å². The fraction of sp³-hybridized carbons (Fsp3) is 0.333. The molecule has 0 N–H and O–H groups in total. The summed E-state index contributed by atoms with van der Waals surface area (Å²) >= 11 is 5.88. The Kier molecular flexibility index (Phi) is 4.09. The zero-order chi connectivity index (χ0) is 10.6. The molecule has 1 aromatic carbocycles. The zero-order valence-electron chi connectivity index (χ0n) is 8.41. The highest BCUT2D eigenvalue weighted by Crippen LogP contribution is 2.11. The molecule has 3 nitrogen and oxygen atoms in total. The van der Waals surface area contributed by atoms with Crippen LogP contribution < -0.4 is 5.19 Å². The molecule has 0 heterocycles. The van der Waals surface area contributed by atoms with Crippen LogP contribution in [0.5, 0.6) is 0 Å². The van der Waals surface area contributed by atoms with Crippen LogP contribution in [0.2, 0.25) is 5.02 Å². The molecular formula is C9H13ClO3Si. The molecule has 0 saturated heterocycles. The minimum Gasteiger partial charge on any atom is -0.373 e. The average Bonchev–Trinajstić information content (AvgIpc) is 2.22. The van der Waals surface area contributed by atoms with E-state index in [0.29, 0.717) is 5.02 Å². The van der Waals surface area contributed by atoms with Crippen molar-refractivity contribution < 1.29 is 13.3 Å². The first-order valence-corrected chi connectivity index (χ1v) is 6.20. The number of hydrogen-bond donors (Lipinski definition) is 0. The predicted octanol–water partition coefficient (Wildman–Crippen LogP) is 1.43. The molecular weight excluding hydrogens is 220 g/mol. The minimum absolute atomic E-state index is 0.644. The number of benzene rings is 1. The van der Waals surface area contributed by atoms with Gasteiger partial charge in [-0.1, -0.05) is 23.7 Å². The van der Waals surface area contributed by atoms with Crippen LogP contribution in [0.3, 0.4) is 0 Å². The summed E-state index contributed by atoms with van der Waals surface area (Å²) < 4.78 is 15.9. The van der Waals surface area contributed by atoms with Crippen LogP contribution in [0.15, 0.2) is 24.3 Å². The quantitative estimate of drug-likeness (QED) is 0.735. The fourth-order valence-corrected chi connectivity index (χ4v) is 3.40. The lowest BCUT2D eigenvalue weighted by atomic mass is 10.4. The molecule has 5 heteroatoms. The van der Waals surface area contributed by atoms with Gasteiger partial charge in [-0.3, -0.25) is 0 Å². The second-order valence-electron chi connectivity index (χ2n) is 2.68. The number of hydrogen-bond acceptors (Lipinski definition) is 3. The van der Waals surface area contributed by atoms with Crippen molar-refractivity contribution in [3.8, 4) is 0 Å². The van der Waals surface area contributed by atoms with Crippen LogP contribution in [0.25, 0.3) is 0 Å². The van der Waals surface area contributed by atoms with E-state index in [9.17, 15) is 0 Å². The van der Waals surface area contributed by atoms with Crippen LogP contribution in [-0.4, -0.2) is 30.1 Å². The number of halogens is 1. The standard InChI is InChI=1S/C9H13ClO3Si/c1-11-14(12-2,13-3)9-6-4-5-8(10)7-9/h4-7H,1-3H3. The maximum atomic E-state index is 5.88. The molecule has 0 aliphatic carbocycles. The maximum Gasteiger partial charge on any atom is 0.536 e. The van der Waals surface area contributed by atoms with Crippen molar-refractivity contribution in [2.75, 3.05) is 21.3 Å². The van der Waals surface area contributed by atoms with Gasteiger partial charge >= 0.3 is 8.80 Å². The second kappa shape index (κ2) is 4.91.